The monoisotopic (exact) mass is 424 g/mol. The zero-order valence-electron chi connectivity index (χ0n) is 16.2. The van der Waals surface area contributed by atoms with E-state index in [9.17, 15) is 18.4 Å². The summed E-state index contributed by atoms with van der Waals surface area (Å²) in [6.07, 6.45) is 4.01. The van der Waals surface area contributed by atoms with Gasteiger partial charge in [0.2, 0.25) is 0 Å². The molecule has 3 rings (SSSR count). The van der Waals surface area contributed by atoms with Gasteiger partial charge >= 0.3 is 11.8 Å². The topological polar surface area (TPSA) is 88.3 Å². The lowest BCUT2D eigenvalue weighted by atomic mass is 9.82. The number of likely N-dealkylation sites (tertiary alicyclic amines) is 1. The minimum Gasteiger partial charge on any atom is -0.383 e. The van der Waals surface area contributed by atoms with Gasteiger partial charge in [-0.3, -0.25) is 9.59 Å². The third-order valence-electron chi connectivity index (χ3n) is 5.41. The van der Waals surface area contributed by atoms with Crippen LogP contribution in [0.3, 0.4) is 0 Å². The Morgan fingerprint density at radius 2 is 2.07 bits per heavy atom. The van der Waals surface area contributed by atoms with Crippen molar-refractivity contribution >= 4 is 34.9 Å². The van der Waals surface area contributed by atoms with Gasteiger partial charge in [0.25, 0.3) is 0 Å². The maximum atomic E-state index is 13.9. The highest BCUT2D eigenvalue weighted by molar-refractivity contribution is 6.39. The third kappa shape index (κ3) is 4.58. The molecule has 9 heteroatoms. The summed E-state index contributed by atoms with van der Waals surface area (Å²) in [5.74, 6) is -3.60. The van der Waals surface area contributed by atoms with Crippen LogP contribution in [-0.4, -0.2) is 34.3 Å². The number of hydrogen-bond acceptors (Lipinski definition) is 4. The SMILES string of the molecule is Cc1cc(NC(=O)C(=O)N2C[C@H](C)CC[C@H]2C2C=C(F)C(F)=C(Cl)C2)cnc1N. The predicted molar refractivity (Wildman–Crippen MR) is 107 cm³/mol. The van der Waals surface area contributed by atoms with E-state index >= 15 is 0 Å². The largest absolute Gasteiger partial charge is 0.383 e. The number of nitrogens with zero attached hydrogens (tertiary/aromatic N) is 2. The number of nitrogens with one attached hydrogen (secondary N) is 1. The van der Waals surface area contributed by atoms with Crippen LogP contribution in [0.25, 0.3) is 0 Å². The zero-order valence-corrected chi connectivity index (χ0v) is 17.0. The first-order chi connectivity index (χ1) is 13.7. The quantitative estimate of drug-likeness (QED) is 0.706. The van der Waals surface area contributed by atoms with Gasteiger partial charge in [-0.15, -0.1) is 0 Å². The fourth-order valence-corrected chi connectivity index (χ4v) is 4.08. The first kappa shape index (κ1) is 21.2. The van der Waals surface area contributed by atoms with Crippen LogP contribution >= 0.6 is 11.6 Å². The number of piperidine rings is 1. The van der Waals surface area contributed by atoms with Crippen molar-refractivity contribution in [3.05, 3.63) is 40.6 Å². The number of allylic oxidation sites excluding steroid dienone is 3. The number of nitrogen functional groups attached to an aromatic ring is 1. The minimum atomic E-state index is -1.06. The third-order valence-corrected chi connectivity index (χ3v) is 5.73. The first-order valence-electron chi connectivity index (χ1n) is 9.43. The maximum Gasteiger partial charge on any atom is 0.313 e. The molecule has 1 aromatic heterocycles. The van der Waals surface area contributed by atoms with E-state index in [0.717, 1.165) is 12.5 Å². The number of carbonyl (C=O) groups excluding carboxylic acids is 2. The lowest BCUT2D eigenvalue weighted by Gasteiger charge is -2.42. The van der Waals surface area contributed by atoms with Gasteiger partial charge in [-0.25, -0.2) is 13.8 Å². The van der Waals surface area contributed by atoms with E-state index in [-0.39, 0.29) is 17.4 Å². The van der Waals surface area contributed by atoms with Gasteiger partial charge in [-0.1, -0.05) is 18.5 Å². The molecule has 0 aromatic carbocycles. The highest BCUT2D eigenvalue weighted by Crippen LogP contribution is 2.38. The number of rotatable bonds is 2. The van der Waals surface area contributed by atoms with Crippen molar-refractivity contribution in [1.82, 2.24) is 9.88 Å². The molecule has 1 fully saturated rings. The Balaban J connectivity index is 1.78. The molecule has 3 atom stereocenters. The Kier molecular flexibility index (Phi) is 6.21. The van der Waals surface area contributed by atoms with Crippen LogP contribution in [0.15, 0.2) is 35.0 Å². The molecule has 1 saturated heterocycles. The fraction of sp³-hybridized carbons (Fsp3) is 0.450. The summed E-state index contributed by atoms with van der Waals surface area (Å²) in [7, 11) is 0. The molecular formula is C20H23ClF2N4O2. The summed E-state index contributed by atoms with van der Waals surface area (Å²) in [6, 6.07) is 1.18. The van der Waals surface area contributed by atoms with E-state index in [2.05, 4.69) is 10.3 Å². The number of amides is 2. The van der Waals surface area contributed by atoms with Crippen molar-refractivity contribution in [2.45, 2.75) is 39.2 Å². The molecule has 0 bridgehead atoms. The normalized spacial score (nSPS) is 24.9. The second kappa shape index (κ2) is 8.49. The summed E-state index contributed by atoms with van der Waals surface area (Å²) >= 11 is 5.85. The van der Waals surface area contributed by atoms with Crippen molar-refractivity contribution in [3.63, 3.8) is 0 Å². The molecule has 0 saturated carbocycles. The number of carbonyl (C=O) groups is 2. The highest BCUT2D eigenvalue weighted by atomic mass is 35.5. The molecule has 29 heavy (non-hydrogen) atoms. The Morgan fingerprint density at radius 3 is 2.72 bits per heavy atom. The van der Waals surface area contributed by atoms with Crippen LogP contribution in [0, 0.1) is 18.8 Å². The maximum absolute atomic E-state index is 13.9. The second-order valence-corrected chi connectivity index (χ2v) is 8.15. The smallest absolute Gasteiger partial charge is 0.313 e. The van der Waals surface area contributed by atoms with E-state index in [1.165, 1.54) is 11.1 Å². The highest BCUT2D eigenvalue weighted by Gasteiger charge is 2.39. The lowest BCUT2D eigenvalue weighted by molar-refractivity contribution is -0.147. The minimum absolute atomic E-state index is 0.0896. The molecule has 1 unspecified atom stereocenters. The number of anilines is 2. The van der Waals surface area contributed by atoms with Crippen LogP contribution in [0.1, 0.15) is 31.7 Å². The summed E-state index contributed by atoms with van der Waals surface area (Å²) in [5, 5.41) is 2.34. The Bertz CT molecular complexity index is 902. The predicted octanol–water partition coefficient (Wildman–Crippen LogP) is 3.83. The van der Waals surface area contributed by atoms with E-state index in [4.69, 9.17) is 17.3 Å². The van der Waals surface area contributed by atoms with Gasteiger partial charge in [0.05, 0.1) is 16.9 Å². The fourth-order valence-electron chi connectivity index (χ4n) is 3.81. The van der Waals surface area contributed by atoms with Crippen LogP contribution in [-0.2, 0) is 9.59 Å². The molecule has 1 aliphatic heterocycles. The van der Waals surface area contributed by atoms with Crippen LogP contribution < -0.4 is 11.1 Å². The van der Waals surface area contributed by atoms with Crippen LogP contribution in [0.5, 0.6) is 0 Å². The van der Waals surface area contributed by atoms with E-state index < -0.39 is 35.4 Å². The van der Waals surface area contributed by atoms with Gasteiger partial charge in [-0.2, -0.15) is 0 Å². The Morgan fingerprint density at radius 1 is 1.34 bits per heavy atom. The van der Waals surface area contributed by atoms with Crippen molar-refractivity contribution in [2.75, 3.05) is 17.6 Å². The molecule has 2 heterocycles. The van der Waals surface area contributed by atoms with E-state index in [1.54, 1.807) is 13.0 Å². The number of hydrogen-bond donors (Lipinski definition) is 2. The molecular weight excluding hydrogens is 402 g/mol. The van der Waals surface area contributed by atoms with Crippen molar-refractivity contribution in [3.8, 4) is 0 Å². The van der Waals surface area contributed by atoms with Gasteiger partial charge < -0.3 is 16.0 Å². The van der Waals surface area contributed by atoms with Crippen LogP contribution in [0.2, 0.25) is 0 Å². The van der Waals surface area contributed by atoms with Gasteiger partial charge in [0.15, 0.2) is 11.7 Å². The average molecular weight is 425 g/mol. The Hall–Kier alpha value is -2.48. The molecule has 2 amide bonds. The van der Waals surface area contributed by atoms with Gasteiger partial charge in [-0.05, 0) is 49.8 Å². The molecule has 156 valence electrons. The first-order valence-corrected chi connectivity index (χ1v) is 9.81. The van der Waals surface area contributed by atoms with Gasteiger partial charge in [0, 0.05) is 18.5 Å². The molecule has 3 N–H and O–H groups in total. The standard InChI is InChI=1S/C20H23ClF2N4O2/c1-10-3-4-16(12-6-14(21)17(23)15(22)7-12)27(9-10)20(29)19(28)26-13-5-11(2)18(24)25-8-13/h5,7-8,10,12,16H,3-4,6,9H2,1-2H3,(H2,24,25)(H,26,28)/t10-,12?,16+/m1/s1. The summed E-state index contributed by atoms with van der Waals surface area (Å²) in [4.78, 5) is 30.9. The molecule has 0 spiro atoms. The molecule has 2 aliphatic rings. The molecule has 0 radical (unpaired) electrons. The Labute approximate surface area is 172 Å². The summed E-state index contributed by atoms with van der Waals surface area (Å²) in [5.41, 5.74) is 6.70. The van der Waals surface area contributed by atoms with Crippen molar-refractivity contribution in [2.24, 2.45) is 11.8 Å². The number of aromatic nitrogens is 1. The van der Waals surface area contributed by atoms with E-state index in [0.29, 0.717) is 30.0 Å². The molecule has 6 nitrogen and oxygen atoms in total. The van der Waals surface area contributed by atoms with Gasteiger partial charge in [0.1, 0.15) is 5.82 Å². The van der Waals surface area contributed by atoms with E-state index in [1.807, 2.05) is 6.92 Å². The number of halogens is 3. The van der Waals surface area contributed by atoms with Crippen molar-refractivity contribution in [1.29, 1.82) is 0 Å². The number of nitrogens with two attached hydrogens (primary N) is 1. The number of aryl methyl sites for hydroxylation is 1. The lowest BCUT2D eigenvalue weighted by Crippen LogP contribution is -2.53. The summed E-state index contributed by atoms with van der Waals surface area (Å²) < 4.78 is 27.5. The van der Waals surface area contributed by atoms with Crippen LogP contribution in [0.4, 0.5) is 20.3 Å². The summed E-state index contributed by atoms with van der Waals surface area (Å²) in [6.45, 7) is 4.07. The zero-order chi connectivity index (χ0) is 21.3. The molecule has 1 aliphatic carbocycles. The number of pyridine rings is 1. The van der Waals surface area contributed by atoms with Crippen molar-refractivity contribution < 1.29 is 18.4 Å². The second-order valence-electron chi connectivity index (χ2n) is 7.69. The molecule has 1 aromatic rings. The average Bonchev–Trinajstić information content (AvgIpc) is 2.67.